The van der Waals surface area contributed by atoms with Crippen LogP contribution in [0, 0.1) is 6.92 Å². The maximum Gasteiger partial charge on any atom is 0.0535 e. The largest absolute Gasteiger partial charge is 0.311 e. The minimum Gasteiger partial charge on any atom is -0.311 e. The third-order valence-corrected chi connectivity index (χ3v) is 2.21. The van der Waals surface area contributed by atoms with Gasteiger partial charge in [0, 0.05) is 36.4 Å². The second-order valence-corrected chi connectivity index (χ2v) is 4.87. The average Bonchev–Trinajstić information content (AvgIpc) is 2.49. The smallest absolute Gasteiger partial charge is 0.0535 e. The first kappa shape index (κ1) is 12.2. The van der Waals surface area contributed by atoms with Crippen molar-refractivity contribution in [1.82, 2.24) is 20.8 Å². The molecule has 0 radical (unpaired) electrons. The molecule has 0 fully saturated rings. The second kappa shape index (κ2) is 5.28. The molecule has 0 aliphatic carbocycles. The van der Waals surface area contributed by atoms with Gasteiger partial charge in [-0.2, -0.15) is 5.10 Å². The van der Waals surface area contributed by atoms with Gasteiger partial charge in [0.15, 0.2) is 0 Å². The van der Waals surface area contributed by atoms with Crippen molar-refractivity contribution in [2.45, 2.75) is 39.8 Å². The number of hydrogen-bond donors (Lipinski definition) is 3. The van der Waals surface area contributed by atoms with Crippen molar-refractivity contribution < 1.29 is 0 Å². The topological polar surface area (TPSA) is 52.7 Å². The van der Waals surface area contributed by atoms with Gasteiger partial charge in [-0.05, 0) is 27.7 Å². The van der Waals surface area contributed by atoms with E-state index in [-0.39, 0.29) is 5.54 Å². The Morgan fingerprint density at radius 3 is 2.60 bits per heavy atom. The fourth-order valence-electron chi connectivity index (χ4n) is 1.30. The maximum absolute atomic E-state index is 3.98. The summed E-state index contributed by atoms with van der Waals surface area (Å²) in [4.78, 5) is 0. The Morgan fingerprint density at radius 2 is 2.07 bits per heavy atom. The van der Waals surface area contributed by atoms with Crippen LogP contribution < -0.4 is 10.6 Å². The highest BCUT2D eigenvalue weighted by Gasteiger charge is 2.07. The van der Waals surface area contributed by atoms with Gasteiger partial charge in [-0.1, -0.05) is 0 Å². The lowest BCUT2D eigenvalue weighted by Crippen LogP contribution is -2.40. The molecule has 1 heterocycles. The predicted molar refractivity (Wildman–Crippen MR) is 62.8 cm³/mol. The van der Waals surface area contributed by atoms with Gasteiger partial charge in [-0.15, -0.1) is 0 Å². The van der Waals surface area contributed by atoms with Gasteiger partial charge in [-0.25, -0.2) is 0 Å². The Labute approximate surface area is 91.8 Å². The van der Waals surface area contributed by atoms with Crippen LogP contribution in [0.3, 0.4) is 0 Å². The number of nitrogens with zero attached hydrogens (tertiary/aromatic N) is 1. The van der Waals surface area contributed by atoms with Gasteiger partial charge in [0.05, 0.1) is 6.20 Å². The van der Waals surface area contributed by atoms with E-state index < -0.39 is 0 Å². The second-order valence-electron chi connectivity index (χ2n) is 4.87. The van der Waals surface area contributed by atoms with Crippen LogP contribution in [0.15, 0.2) is 6.20 Å². The first-order valence-electron chi connectivity index (χ1n) is 5.43. The van der Waals surface area contributed by atoms with Gasteiger partial charge < -0.3 is 10.6 Å². The van der Waals surface area contributed by atoms with Crippen molar-refractivity contribution in [2.24, 2.45) is 0 Å². The lowest BCUT2D eigenvalue weighted by molar-refractivity contribution is 0.421. The summed E-state index contributed by atoms with van der Waals surface area (Å²) in [5.41, 5.74) is 2.59. The van der Waals surface area contributed by atoms with E-state index in [9.17, 15) is 0 Å². The molecule has 0 saturated heterocycles. The van der Waals surface area contributed by atoms with Crippen LogP contribution >= 0.6 is 0 Å². The Morgan fingerprint density at radius 1 is 1.33 bits per heavy atom. The number of aromatic amines is 1. The molecule has 4 nitrogen and oxygen atoms in total. The van der Waals surface area contributed by atoms with E-state index in [0.717, 1.165) is 25.3 Å². The van der Waals surface area contributed by atoms with Gasteiger partial charge in [0.1, 0.15) is 0 Å². The van der Waals surface area contributed by atoms with Gasteiger partial charge in [0.2, 0.25) is 0 Å². The highest BCUT2D eigenvalue weighted by atomic mass is 15.1. The van der Waals surface area contributed by atoms with Gasteiger partial charge in [0.25, 0.3) is 0 Å². The average molecular weight is 210 g/mol. The highest BCUT2D eigenvalue weighted by Crippen LogP contribution is 2.01. The van der Waals surface area contributed by atoms with E-state index in [2.05, 4.69) is 41.6 Å². The molecule has 0 unspecified atom stereocenters. The maximum atomic E-state index is 3.98. The summed E-state index contributed by atoms with van der Waals surface area (Å²) in [6.45, 7) is 11.4. The Bertz CT molecular complexity index is 285. The van der Waals surface area contributed by atoms with Crippen molar-refractivity contribution >= 4 is 0 Å². The van der Waals surface area contributed by atoms with Crippen LogP contribution in [-0.4, -0.2) is 28.8 Å². The van der Waals surface area contributed by atoms with Crippen molar-refractivity contribution in [1.29, 1.82) is 0 Å². The summed E-state index contributed by atoms with van der Waals surface area (Å²) in [6.07, 6.45) is 1.87. The quantitative estimate of drug-likeness (QED) is 0.640. The van der Waals surface area contributed by atoms with E-state index in [1.807, 2.05) is 13.1 Å². The number of aromatic nitrogens is 2. The SMILES string of the molecule is Cc1[nH]ncc1CNCCNC(C)(C)C. The van der Waals surface area contributed by atoms with Crippen molar-refractivity contribution in [3.05, 3.63) is 17.5 Å². The molecule has 0 aliphatic heterocycles. The van der Waals surface area contributed by atoms with Crippen LogP contribution in [-0.2, 0) is 6.54 Å². The number of aryl methyl sites for hydroxylation is 1. The molecule has 0 atom stereocenters. The Hall–Kier alpha value is -0.870. The third-order valence-electron chi connectivity index (χ3n) is 2.21. The van der Waals surface area contributed by atoms with Crippen LogP contribution in [0.1, 0.15) is 32.0 Å². The molecule has 3 N–H and O–H groups in total. The fraction of sp³-hybridized carbons (Fsp3) is 0.727. The lowest BCUT2D eigenvalue weighted by Gasteiger charge is -2.20. The van der Waals surface area contributed by atoms with Crippen molar-refractivity contribution in [3.8, 4) is 0 Å². The molecular weight excluding hydrogens is 188 g/mol. The van der Waals surface area contributed by atoms with Crippen LogP contribution in [0.2, 0.25) is 0 Å². The van der Waals surface area contributed by atoms with Crippen LogP contribution in [0.5, 0.6) is 0 Å². The summed E-state index contributed by atoms with van der Waals surface area (Å²) in [6, 6.07) is 0. The summed E-state index contributed by atoms with van der Waals surface area (Å²) in [7, 11) is 0. The number of hydrogen-bond acceptors (Lipinski definition) is 3. The van der Waals surface area contributed by atoms with E-state index >= 15 is 0 Å². The molecular formula is C11H22N4. The number of nitrogens with one attached hydrogen (secondary N) is 3. The fourth-order valence-corrected chi connectivity index (χ4v) is 1.30. The zero-order valence-corrected chi connectivity index (χ0v) is 10.1. The number of H-pyrrole nitrogens is 1. The van der Waals surface area contributed by atoms with Crippen molar-refractivity contribution in [3.63, 3.8) is 0 Å². The predicted octanol–water partition coefficient (Wildman–Crippen LogP) is 1.20. The Balaban J connectivity index is 2.10. The molecule has 1 aromatic rings. The molecule has 86 valence electrons. The molecule has 15 heavy (non-hydrogen) atoms. The van der Waals surface area contributed by atoms with Crippen LogP contribution in [0.4, 0.5) is 0 Å². The van der Waals surface area contributed by atoms with E-state index in [1.54, 1.807) is 0 Å². The molecule has 0 aromatic carbocycles. The number of rotatable bonds is 5. The molecule has 0 saturated carbocycles. The van der Waals surface area contributed by atoms with Crippen LogP contribution in [0.25, 0.3) is 0 Å². The lowest BCUT2D eigenvalue weighted by atomic mass is 10.1. The van der Waals surface area contributed by atoms with Gasteiger partial charge >= 0.3 is 0 Å². The zero-order chi connectivity index (χ0) is 11.3. The van der Waals surface area contributed by atoms with E-state index in [4.69, 9.17) is 0 Å². The molecule has 1 rings (SSSR count). The first-order valence-corrected chi connectivity index (χ1v) is 5.43. The third kappa shape index (κ3) is 4.95. The molecule has 0 bridgehead atoms. The monoisotopic (exact) mass is 210 g/mol. The first-order chi connectivity index (χ1) is 6.99. The summed E-state index contributed by atoms with van der Waals surface area (Å²) < 4.78 is 0. The minimum atomic E-state index is 0.202. The molecule has 4 heteroatoms. The Kier molecular flexibility index (Phi) is 4.29. The van der Waals surface area contributed by atoms with E-state index in [0.29, 0.717) is 0 Å². The minimum absolute atomic E-state index is 0.202. The molecule has 0 spiro atoms. The normalized spacial score (nSPS) is 12.0. The van der Waals surface area contributed by atoms with E-state index in [1.165, 1.54) is 5.56 Å². The molecule has 1 aromatic heterocycles. The highest BCUT2D eigenvalue weighted by molar-refractivity contribution is 5.13. The zero-order valence-electron chi connectivity index (χ0n) is 10.1. The van der Waals surface area contributed by atoms with Crippen molar-refractivity contribution in [2.75, 3.05) is 13.1 Å². The molecule has 0 amide bonds. The van der Waals surface area contributed by atoms with Gasteiger partial charge in [-0.3, -0.25) is 5.10 Å². The summed E-state index contributed by atoms with van der Waals surface area (Å²) in [5, 5.41) is 13.7. The molecule has 0 aliphatic rings. The standard InChI is InChI=1S/C11H22N4/c1-9-10(8-14-15-9)7-12-5-6-13-11(2,3)4/h8,12-13H,5-7H2,1-4H3,(H,14,15). The summed E-state index contributed by atoms with van der Waals surface area (Å²) in [5.74, 6) is 0. The summed E-state index contributed by atoms with van der Waals surface area (Å²) >= 11 is 0.